The van der Waals surface area contributed by atoms with Gasteiger partial charge in [-0.2, -0.15) is 0 Å². The zero-order valence-electron chi connectivity index (χ0n) is 14.7. The van der Waals surface area contributed by atoms with Gasteiger partial charge in [-0.15, -0.1) is 0 Å². The molecule has 26 heavy (non-hydrogen) atoms. The SMILES string of the molecule is O=C1COc2ccccc2N1CCN1CCC(c2cccc(F)c2)CC1. The van der Waals surface area contributed by atoms with Gasteiger partial charge >= 0.3 is 0 Å². The summed E-state index contributed by atoms with van der Waals surface area (Å²) in [6.07, 6.45) is 2.05. The molecule has 0 aliphatic carbocycles. The molecule has 2 aromatic rings. The molecule has 0 radical (unpaired) electrons. The molecule has 0 unspecified atom stereocenters. The molecule has 4 nitrogen and oxygen atoms in total. The van der Waals surface area contributed by atoms with Crippen LogP contribution in [0, 0.1) is 5.82 Å². The minimum atomic E-state index is -0.158. The van der Waals surface area contributed by atoms with Gasteiger partial charge in [0.05, 0.1) is 5.69 Å². The van der Waals surface area contributed by atoms with Gasteiger partial charge in [-0.3, -0.25) is 4.79 Å². The highest BCUT2D eigenvalue weighted by Crippen LogP contribution is 2.32. The molecular formula is C21H23FN2O2. The normalized spacial score (nSPS) is 18.5. The summed E-state index contributed by atoms with van der Waals surface area (Å²) >= 11 is 0. The molecule has 5 heteroatoms. The third-order valence-corrected chi connectivity index (χ3v) is 5.36. The van der Waals surface area contributed by atoms with Crippen molar-refractivity contribution in [3.63, 3.8) is 0 Å². The van der Waals surface area contributed by atoms with Gasteiger partial charge in [-0.1, -0.05) is 24.3 Å². The molecule has 1 fully saturated rings. The van der Waals surface area contributed by atoms with Gasteiger partial charge in [0.2, 0.25) is 0 Å². The Balaban J connectivity index is 1.33. The van der Waals surface area contributed by atoms with Gasteiger partial charge < -0.3 is 14.5 Å². The lowest BCUT2D eigenvalue weighted by atomic mass is 9.89. The zero-order chi connectivity index (χ0) is 17.9. The fourth-order valence-electron chi connectivity index (χ4n) is 3.89. The summed E-state index contributed by atoms with van der Waals surface area (Å²) < 4.78 is 18.9. The molecular weight excluding hydrogens is 331 g/mol. The summed E-state index contributed by atoms with van der Waals surface area (Å²) in [4.78, 5) is 16.5. The molecule has 0 bridgehead atoms. The maximum Gasteiger partial charge on any atom is 0.265 e. The Kier molecular flexibility index (Phi) is 4.89. The Morgan fingerprint density at radius 1 is 1.04 bits per heavy atom. The lowest BCUT2D eigenvalue weighted by Crippen LogP contribution is -2.44. The quantitative estimate of drug-likeness (QED) is 0.843. The van der Waals surface area contributed by atoms with Gasteiger partial charge in [0.1, 0.15) is 11.6 Å². The number of amides is 1. The minimum absolute atomic E-state index is 0.0124. The van der Waals surface area contributed by atoms with E-state index >= 15 is 0 Å². The van der Waals surface area contributed by atoms with Crippen molar-refractivity contribution in [2.45, 2.75) is 18.8 Å². The van der Waals surface area contributed by atoms with Crippen molar-refractivity contribution in [1.82, 2.24) is 4.90 Å². The summed E-state index contributed by atoms with van der Waals surface area (Å²) in [5.74, 6) is 1.05. The number of rotatable bonds is 4. The van der Waals surface area contributed by atoms with Gasteiger partial charge in [0.25, 0.3) is 5.91 Å². The van der Waals surface area contributed by atoms with Gasteiger partial charge in [0, 0.05) is 13.1 Å². The Labute approximate surface area is 153 Å². The molecule has 0 saturated carbocycles. The third kappa shape index (κ3) is 3.58. The first kappa shape index (κ1) is 17.0. The van der Waals surface area contributed by atoms with Crippen LogP contribution in [0.3, 0.4) is 0 Å². The molecule has 4 rings (SSSR count). The molecule has 1 saturated heterocycles. The number of halogens is 1. The molecule has 1 amide bonds. The number of para-hydroxylation sites is 2. The summed E-state index contributed by atoms with van der Waals surface area (Å²) in [5, 5.41) is 0. The van der Waals surface area contributed by atoms with Crippen molar-refractivity contribution < 1.29 is 13.9 Å². The average molecular weight is 354 g/mol. The predicted octanol–water partition coefficient (Wildman–Crippen LogP) is 3.43. The van der Waals surface area contributed by atoms with Crippen molar-refractivity contribution in [2.24, 2.45) is 0 Å². The molecule has 2 aliphatic heterocycles. The maximum absolute atomic E-state index is 13.4. The number of anilines is 1. The van der Waals surface area contributed by atoms with E-state index < -0.39 is 0 Å². The second kappa shape index (κ2) is 7.46. The van der Waals surface area contributed by atoms with Crippen LogP contribution in [0.5, 0.6) is 5.75 Å². The molecule has 0 N–H and O–H groups in total. The van der Waals surface area contributed by atoms with Crippen LogP contribution in [0.2, 0.25) is 0 Å². The Bertz CT molecular complexity index is 787. The van der Waals surface area contributed by atoms with Crippen LogP contribution in [0.1, 0.15) is 24.3 Å². The standard InChI is InChI=1S/C21H23FN2O2/c22-18-5-3-4-17(14-18)16-8-10-23(11-9-16)12-13-24-19-6-1-2-7-20(19)26-15-21(24)25/h1-7,14,16H,8-13,15H2. The number of carbonyl (C=O) groups is 1. The molecule has 136 valence electrons. The number of carbonyl (C=O) groups excluding carboxylic acids is 1. The van der Waals surface area contributed by atoms with E-state index in [9.17, 15) is 9.18 Å². The lowest BCUT2D eigenvalue weighted by molar-refractivity contribution is -0.121. The van der Waals surface area contributed by atoms with E-state index in [0.717, 1.165) is 49.5 Å². The van der Waals surface area contributed by atoms with Crippen LogP contribution in [-0.4, -0.2) is 43.6 Å². The van der Waals surface area contributed by atoms with Crippen LogP contribution in [0.15, 0.2) is 48.5 Å². The van der Waals surface area contributed by atoms with E-state index in [0.29, 0.717) is 12.5 Å². The summed E-state index contributed by atoms with van der Waals surface area (Å²) in [7, 11) is 0. The Morgan fingerprint density at radius 3 is 2.65 bits per heavy atom. The first-order chi connectivity index (χ1) is 12.7. The topological polar surface area (TPSA) is 32.8 Å². The second-order valence-electron chi connectivity index (χ2n) is 6.97. The first-order valence-electron chi connectivity index (χ1n) is 9.21. The maximum atomic E-state index is 13.4. The molecule has 2 aromatic carbocycles. The highest BCUT2D eigenvalue weighted by molar-refractivity contribution is 5.97. The molecule has 2 aliphatic rings. The zero-order valence-corrected chi connectivity index (χ0v) is 14.7. The fraction of sp³-hybridized carbons (Fsp3) is 0.381. The van der Waals surface area contributed by atoms with Gasteiger partial charge in [-0.05, 0) is 61.7 Å². The second-order valence-corrected chi connectivity index (χ2v) is 6.97. The van der Waals surface area contributed by atoms with Crippen LogP contribution in [-0.2, 0) is 4.79 Å². The van der Waals surface area contributed by atoms with Crippen molar-refractivity contribution in [2.75, 3.05) is 37.7 Å². The number of hydrogen-bond donors (Lipinski definition) is 0. The Morgan fingerprint density at radius 2 is 1.85 bits per heavy atom. The third-order valence-electron chi connectivity index (χ3n) is 5.36. The van der Waals surface area contributed by atoms with Crippen LogP contribution < -0.4 is 9.64 Å². The van der Waals surface area contributed by atoms with Crippen molar-refractivity contribution >= 4 is 11.6 Å². The van der Waals surface area contributed by atoms with Gasteiger partial charge in [-0.25, -0.2) is 4.39 Å². The molecule has 0 aromatic heterocycles. The number of fused-ring (bicyclic) bond motifs is 1. The number of hydrogen-bond acceptors (Lipinski definition) is 3. The van der Waals surface area contributed by atoms with Crippen molar-refractivity contribution in [3.8, 4) is 5.75 Å². The minimum Gasteiger partial charge on any atom is -0.482 e. The molecule has 0 atom stereocenters. The highest BCUT2D eigenvalue weighted by Gasteiger charge is 2.26. The van der Waals surface area contributed by atoms with Crippen molar-refractivity contribution in [1.29, 1.82) is 0 Å². The monoisotopic (exact) mass is 354 g/mol. The first-order valence-corrected chi connectivity index (χ1v) is 9.21. The summed E-state index contributed by atoms with van der Waals surface area (Å²) in [6, 6.07) is 14.6. The number of ether oxygens (including phenoxy) is 1. The number of nitrogens with zero attached hydrogens (tertiary/aromatic N) is 2. The number of piperidine rings is 1. The van der Waals surface area contributed by atoms with E-state index in [1.165, 1.54) is 6.07 Å². The number of likely N-dealkylation sites (tertiary alicyclic amines) is 1. The van der Waals surface area contributed by atoms with Crippen molar-refractivity contribution in [3.05, 3.63) is 59.9 Å². The van der Waals surface area contributed by atoms with E-state index in [2.05, 4.69) is 4.90 Å². The van der Waals surface area contributed by atoms with Crippen LogP contribution in [0.4, 0.5) is 10.1 Å². The van der Waals surface area contributed by atoms with E-state index in [1.807, 2.05) is 35.2 Å². The molecule has 2 heterocycles. The van der Waals surface area contributed by atoms with Gasteiger partial charge in [0.15, 0.2) is 6.61 Å². The van der Waals surface area contributed by atoms with E-state index in [1.54, 1.807) is 12.1 Å². The lowest BCUT2D eigenvalue weighted by Gasteiger charge is -2.35. The summed E-state index contributed by atoms with van der Waals surface area (Å²) in [5.41, 5.74) is 1.96. The Hall–Kier alpha value is -2.40. The van der Waals surface area contributed by atoms with E-state index in [-0.39, 0.29) is 18.3 Å². The van der Waals surface area contributed by atoms with E-state index in [4.69, 9.17) is 4.74 Å². The average Bonchev–Trinajstić information content (AvgIpc) is 2.68. The predicted molar refractivity (Wildman–Crippen MR) is 99.1 cm³/mol. The van der Waals surface area contributed by atoms with Crippen LogP contribution in [0.25, 0.3) is 0 Å². The smallest absolute Gasteiger partial charge is 0.265 e. The summed E-state index contributed by atoms with van der Waals surface area (Å²) in [6.45, 7) is 3.57. The number of benzene rings is 2. The fourth-order valence-corrected chi connectivity index (χ4v) is 3.89. The highest BCUT2D eigenvalue weighted by atomic mass is 19.1. The van der Waals surface area contributed by atoms with Crippen LogP contribution >= 0.6 is 0 Å². The molecule has 0 spiro atoms. The largest absolute Gasteiger partial charge is 0.482 e.